The smallest absolute Gasteiger partial charge is 0.261 e. The highest BCUT2D eigenvalue weighted by Gasteiger charge is 2.53. The number of carbonyl (C=O) groups excluding carboxylic acids is 6. The van der Waals surface area contributed by atoms with Gasteiger partial charge in [-0.25, -0.2) is 30.0 Å². The van der Waals surface area contributed by atoms with Crippen LogP contribution < -0.4 is 44.5 Å². The van der Waals surface area contributed by atoms with Gasteiger partial charge in [-0.05, 0) is 250 Å². The molecular formula is C117H166ClN21O7. The van der Waals surface area contributed by atoms with Crippen LogP contribution in [0.5, 0.6) is 5.75 Å². The molecule has 28 nitrogen and oxygen atoms in total. The average molecular weight is 2010 g/mol. The van der Waals surface area contributed by atoms with Crippen molar-refractivity contribution in [3.63, 3.8) is 0 Å². The maximum Gasteiger partial charge on any atom is 0.261 e. The summed E-state index contributed by atoms with van der Waals surface area (Å²) in [5.74, 6) is 7.70. The Kier molecular flexibility index (Phi) is 37.4. The molecule has 2 unspecified atom stereocenters. The van der Waals surface area contributed by atoms with E-state index < -0.39 is 27.7 Å². The number of hydrogen-bond donors (Lipinski definition) is 7. The summed E-state index contributed by atoms with van der Waals surface area (Å²) in [5.41, 5.74) is 41.8. The van der Waals surface area contributed by atoms with Crippen molar-refractivity contribution in [1.29, 1.82) is 0 Å². The third kappa shape index (κ3) is 27.1. The maximum atomic E-state index is 14.1. The van der Waals surface area contributed by atoms with Crippen LogP contribution in [0.4, 0.5) is 0 Å². The molecule has 9 atom stereocenters. The van der Waals surface area contributed by atoms with Crippen molar-refractivity contribution in [3.8, 4) is 28.0 Å². The zero-order valence-corrected chi connectivity index (χ0v) is 89.2. The first-order chi connectivity index (χ1) is 70.3. The number of nitrogens with one attached hydrogen (secondary N) is 1. The van der Waals surface area contributed by atoms with Crippen LogP contribution in [0.15, 0.2) is 176 Å². The molecule has 5 aromatic carbocycles. The molecule has 7 fully saturated rings. The molecule has 6 saturated carbocycles. The molecule has 146 heavy (non-hydrogen) atoms. The highest BCUT2D eigenvalue weighted by molar-refractivity contribution is 6.30. The molecule has 1 aromatic heterocycles. The Hall–Kier alpha value is -11.3. The summed E-state index contributed by atoms with van der Waals surface area (Å²) in [6.45, 7) is 10.4. The van der Waals surface area contributed by atoms with Gasteiger partial charge in [0, 0.05) is 90.8 Å². The number of benzene rings is 5. The van der Waals surface area contributed by atoms with Crippen LogP contribution in [-0.2, 0) is 59.5 Å². The van der Waals surface area contributed by atoms with Crippen molar-refractivity contribution < 1.29 is 33.5 Å². The third-order valence-corrected chi connectivity index (χ3v) is 34.5. The Bertz CT molecular complexity index is 5630. The summed E-state index contributed by atoms with van der Waals surface area (Å²) in [4.78, 5) is 122. The summed E-state index contributed by atoms with van der Waals surface area (Å²) in [6.07, 6.45) is 52.9. The fraction of sp³-hybridized carbons (Fsp3) is 0.598. The highest BCUT2D eigenvalue weighted by Crippen LogP contribution is 2.47. The van der Waals surface area contributed by atoms with Gasteiger partial charge in [0.2, 0.25) is 5.91 Å². The van der Waals surface area contributed by atoms with E-state index in [1.165, 1.54) is 207 Å². The van der Waals surface area contributed by atoms with Crippen LogP contribution in [-0.4, -0.2) is 194 Å². The average Bonchev–Trinajstić information content (AvgIpc) is 1.66. The molecule has 6 aliphatic carbocycles. The standard InChI is InChI=1S/C33H52N6O.C25H39N5O.C24H40N4O2.C18H19N3O2.C17H16ClN3O/c1-2-3-14-29-24-38(31(34)36-29)22-27-15-17-28(18-16-27)23-39-30(40)33(37-32(39)35,21-26-12-8-5-9-13-26)20-19-25-10-6-4-7-11-25;1-30-23(31)25(29-24(30)26,13-10-19-6-3-2-4-7-19)17-21-8-5-9-22(16-21)28-18-20-11-14-27-15-12-20;1-27-22(30)24(26-23(27)25,13-11-18-7-3-2-4-8-18)16-20-12-14-28(17-20)21(29)15-19-9-5-6-10-19;1-18(16(22)21(2)17(19)20-18)14-8-4-6-12(10-14)13-7-5-9-15(11-13)23-3;1-17(15(22)21(2)16(19)20-17)13-7-3-5-11(9-13)12-6-4-8-14(18)10-12/h15-18,25-26,29H,2-14,19-24H2,1H3,(H2,34,36)(H2,35,37);11-12,14-15,19,21-22,28H,2-10,13,16-18H2,1H3,(H2,26,29);18-20H,2-17H2,1H3,(H2,25,26);4-11H,1-3H3,(H2,19,20);3-10H,1-2H3,(H2,19,20)/t29-,33+;21-,22+,25+;20-,24+;;/m001../s1. The number of pyridine rings is 1. The number of nitrogens with zero attached hydrogens (tertiary/aromatic N) is 14. The summed E-state index contributed by atoms with van der Waals surface area (Å²) >= 11 is 6.05. The van der Waals surface area contributed by atoms with Crippen molar-refractivity contribution in [2.45, 2.75) is 350 Å². The maximum absolute atomic E-state index is 14.1. The van der Waals surface area contributed by atoms with Crippen LogP contribution in [0, 0.1) is 41.4 Å². The number of ether oxygens (including phenoxy) is 1. The number of nitrogens with two attached hydrogens (primary N) is 6. The predicted octanol–water partition coefficient (Wildman–Crippen LogP) is 19.2. The molecule has 0 spiro atoms. The Labute approximate surface area is 872 Å². The molecule has 6 amide bonds. The first-order valence-electron chi connectivity index (χ1n) is 55.2. The van der Waals surface area contributed by atoms with Crippen LogP contribution in [0.3, 0.4) is 0 Å². The minimum absolute atomic E-state index is 0.0616. The lowest BCUT2D eigenvalue weighted by Crippen LogP contribution is -2.45. The number of carbonyl (C=O) groups is 6. The molecule has 29 heteroatoms. The first kappa shape index (κ1) is 109. The van der Waals surface area contributed by atoms with E-state index in [0.29, 0.717) is 83.5 Å². The van der Waals surface area contributed by atoms with Gasteiger partial charge in [-0.2, -0.15) is 0 Å². The first-order valence-corrected chi connectivity index (χ1v) is 55.6. The van der Waals surface area contributed by atoms with Crippen molar-refractivity contribution in [2.24, 2.45) is 106 Å². The molecule has 0 radical (unpaired) electrons. The van der Waals surface area contributed by atoms with E-state index in [0.717, 1.165) is 172 Å². The Morgan fingerprint density at radius 3 is 1.34 bits per heavy atom. The van der Waals surface area contributed by atoms with Gasteiger partial charge in [0.25, 0.3) is 29.5 Å². The normalized spacial score (nSPS) is 26.4. The number of aromatic nitrogens is 1. The lowest BCUT2D eigenvalue weighted by Gasteiger charge is -2.35. The van der Waals surface area contributed by atoms with Crippen molar-refractivity contribution in [1.82, 2.24) is 44.6 Å². The van der Waals surface area contributed by atoms with E-state index in [1.54, 1.807) is 63.8 Å². The van der Waals surface area contributed by atoms with E-state index in [9.17, 15) is 28.8 Å². The SMILES string of the molecule is CCCC[C@H]1CN(Cc2ccc(CN3C(=O)[C@@](CCC4CCCCC4)(CC4CCCCC4)N=C3N)cc2)C(N)=N1.CN1C(=O)C(C)(c2cccc(-c3cccc(Cl)c3)c2)N=C1N.CN1C(=O)[C@@](CCC2CCCCC2)(C[C@H]2CCC[C@@H](NCc3ccncc3)C2)N=C1N.CN1C(=O)[C@](CCC2CCCCC2)(C[C@H]2CCN(C(=O)CC3CCCC3)C2)N=C1N.COc1cccc(-c2cccc(C3(C)N=C(N)N(C)C3=O)c2)c1. The summed E-state index contributed by atoms with van der Waals surface area (Å²) in [6, 6.07) is 44.4. The van der Waals surface area contributed by atoms with Gasteiger partial charge in [-0.3, -0.25) is 58.3 Å². The van der Waals surface area contributed by atoms with Crippen LogP contribution in [0.1, 0.15) is 318 Å². The molecule has 13 N–H and O–H groups in total. The number of unbranched alkanes of at least 4 members (excludes halogenated alkanes) is 1. The quantitative estimate of drug-likeness (QED) is 0.0206. The molecule has 8 heterocycles. The van der Waals surface area contributed by atoms with Crippen LogP contribution in [0.25, 0.3) is 22.3 Å². The monoisotopic (exact) mass is 2010 g/mol. The number of rotatable bonds is 32. The molecule has 1 saturated heterocycles. The predicted molar refractivity (Wildman–Crippen MR) is 586 cm³/mol. The number of amides is 6. The lowest BCUT2D eigenvalue weighted by molar-refractivity contribution is -0.133. The molecule has 0 bridgehead atoms. The van der Waals surface area contributed by atoms with E-state index in [4.69, 9.17) is 65.7 Å². The van der Waals surface area contributed by atoms with Crippen molar-refractivity contribution in [3.05, 3.63) is 179 Å². The number of methoxy groups -OCH3 is 1. The summed E-state index contributed by atoms with van der Waals surface area (Å²) < 4.78 is 5.27. The fourth-order valence-electron chi connectivity index (χ4n) is 25.3. The minimum atomic E-state index is -0.979. The van der Waals surface area contributed by atoms with E-state index >= 15 is 0 Å². The Morgan fingerprint density at radius 1 is 0.425 bits per heavy atom. The Morgan fingerprint density at radius 2 is 0.856 bits per heavy atom. The van der Waals surface area contributed by atoms with Crippen molar-refractivity contribution in [2.75, 3.05) is 54.9 Å². The zero-order chi connectivity index (χ0) is 103. The van der Waals surface area contributed by atoms with Gasteiger partial charge >= 0.3 is 0 Å². The van der Waals surface area contributed by atoms with E-state index in [1.807, 2.05) is 114 Å². The highest BCUT2D eigenvalue weighted by atomic mass is 35.5. The second-order valence-electron chi connectivity index (χ2n) is 44.9. The summed E-state index contributed by atoms with van der Waals surface area (Å²) in [5, 5.41) is 4.41. The van der Waals surface area contributed by atoms with Crippen LogP contribution in [0.2, 0.25) is 5.02 Å². The number of aliphatic imine (C=N–C) groups is 6. The number of likely N-dealkylation sites (tertiary alicyclic amines) is 1. The van der Waals surface area contributed by atoms with Gasteiger partial charge in [-0.1, -0.05) is 270 Å². The van der Waals surface area contributed by atoms with Crippen LogP contribution >= 0.6 is 11.6 Å². The van der Waals surface area contributed by atoms with Crippen molar-refractivity contribution >= 4 is 82.8 Å². The van der Waals surface area contributed by atoms with Gasteiger partial charge in [0.15, 0.2) is 46.8 Å². The van der Waals surface area contributed by atoms with Gasteiger partial charge < -0.3 is 54.3 Å². The largest absolute Gasteiger partial charge is 0.497 e. The second-order valence-corrected chi connectivity index (χ2v) is 45.3. The molecule has 19 rings (SSSR count). The molecule has 788 valence electrons. The van der Waals surface area contributed by atoms with E-state index in [2.05, 4.69) is 73.5 Å². The molecule has 6 aromatic rings. The minimum Gasteiger partial charge on any atom is -0.497 e. The molecule has 7 aliphatic heterocycles. The number of likely N-dealkylation sites (N-methyl/N-ethyl adjacent to an activating group) is 4. The second kappa shape index (κ2) is 50.2. The van der Waals surface area contributed by atoms with Gasteiger partial charge in [0.05, 0.1) is 19.7 Å². The fourth-order valence-corrected chi connectivity index (χ4v) is 25.5. The van der Waals surface area contributed by atoms with Gasteiger partial charge in [0.1, 0.15) is 22.4 Å². The molecular weight excluding hydrogens is 1850 g/mol. The topological polar surface area (TPSA) is 390 Å². The van der Waals surface area contributed by atoms with E-state index in [-0.39, 0.29) is 41.5 Å². The third-order valence-electron chi connectivity index (χ3n) is 34.3. The molecule has 13 aliphatic rings. The Balaban J connectivity index is 0.000000139. The number of hydrogen-bond acceptors (Lipinski definition) is 22. The number of guanidine groups is 6. The summed E-state index contributed by atoms with van der Waals surface area (Å²) in [7, 11) is 8.44. The van der Waals surface area contributed by atoms with Gasteiger partial charge in [-0.15, -0.1) is 0 Å². The lowest BCUT2D eigenvalue weighted by atomic mass is 9.74. The number of halogens is 1. The zero-order valence-electron chi connectivity index (χ0n) is 88.5.